The minimum atomic E-state index is -0.518. The van der Waals surface area contributed by atoms with Crippen molar-refractivity contribution in [2.75, 3.05) is 6.61 Å². The van der Waals surface area contributed by atoms with E-state index in [0.29, 0.717) is 21.5 Å². The first-order valence-corrected chi connectivity index (χ1v) is 7.28. The minimum Gasteiger partial charge on any atom is -0.486 e. The Hall–Kier alpha value is -1.63. The average molecular weight is 353 g/mol. The smallest absolute Gasteiger partial charge is 0.161 e. The van der Waals surface area contributed by atoms with E-state index >= 15 is 0 Å². The maximum atomic E-state index is 14.3. The van der Waals surface area contributed by atoms with Crippen LogP contribution in [0.1, 0.15) is 11.6 Å². The summed E-state index contributed by atoms with van der Waals surface area (Å²) in [6.45, 7) is 0.290. The van der Waals surface area contributed by atoms with Gasteiger partial charge in [0.25, 0.3) is 0 Å². The summed E-state index contributed by atoms with van der Waals surface area (Å²) in [5.74, 6) is 6.56. The van der Waals surface area contributed by atoms with Gasteiger partial charge in [-0.1, -0.05) is 24.3 Å². The van der Waals surface area contributed by atoms with Crippen LogP contribution < -0.4 is 20.7 Å². The molecule has 0 aromatic heterocycles. The molecule has 3 N–H and O–H groups in total. The fourth-order valence-electron chi connectivity index (χ4n) is 2.36. The van der Waals surface area contributed by atoms with Gasteiger partial charge >= 0.3 is 0 Å². The van der Waals surface area contributed by atoms with Crippen LogP contribution in [0.5, 0.6) is 11.5 Å². The van der Waals surface area contributed by atoms with E-state index in [-0.39, 0.29) is 12.4 Å². The Morgan fingerprint density at radius 1 is 1.19 bits per heavy atom. The van der Waals surface area contributed by atoms with E-state index in [1.807, 2.05) is 24.3 Å². The summed E-state index contributed by atoms with van der Waals surface area (Å²) in [6.07, 6.45) is -0.423. The van der Waals surface area contributed by atoms with Crippen LogP contribution in [0, 0.1) is 5.82 Å². The Kier molecular flexibility index (Phi) is 4.10. The summed E-state index contributed by atoms with van der Waals surface area (Å²) >= 11 is 3.18. The van der Waals surface area contributed by atoms with Crippen LogP contribution in [-0.2, 0) is 0 Å². The lowest BCUT2D eigenvalue weighted by atomic mass is 10.0. The van der Waals surface area contributed by atoms with E-state index in [1.165, 1.54) is 0 Å². The fourth-order valence-corrected chi connectivity index (χ4v) is 2.74. The summed E-state index contributed by atoms with van der Waals surface area (Å²) in [4.78, 5) is 0. The average Bonchev–Trinajstić information content (AvgIpc) is 2.52. The number of hydrogen-bond acceptors (Lipinski definition) is 4. The lowest BCUT2D eigenvalue weighted by Crippen LogP contribution is -2.44. The SMILES string of the molecule is NNC(c1cccc(Br)c1F)C1COc2ccccc2O1. The summed E-state index contributed by atoms with van der Waals surface area (Å²) < 4.78 is 26.2. The van der Waals surface area contributed by atoms with Crippen molar-refractivity contribution in [2.45, 2.75) is 12.1 Å². The standard InChI is InChI=1S/C15H14BrFN2O2/c16-10-5-3-4-9(14(10)17)15(19-18)13-8-20-11-6-1-2-7-12(11)21-13/h1-7,13,15,19H,8,18H2. The lowest BCUT2D eigenvalue weighted by molar-refractivity contribution is 0.0607. The van der Waals surface area contributed by atoms with Crippen LogP contribution in [0.15, 0.2) is 46.9 Å². The predicted molar refractivity (Wildman–Crippen MR) is 80.5 cm³/mol. The molecule has 0 bridgehead atoms. The Morgan fingerprint density at radius 2 is 1.95 bits per heavy atom. The maximum Gasteiger partial charge on any atom is 0.161 e. The summed E-state index contributed by atoms with van der Waals surface area (Å²) in [5, 5.41) is 0. The van der Waals surface area contributed by atoms with Crippen LogP contribution in [0.2, 0.25) is 0 Å². The summed E-state index contributed by atoms with van der Waals surface area (Å²) in [5.41, 5.74) is 3.05. The molecular weight excluding hydrogens is 339 g/mol. The number of para-hydroxylation sites is 2. The molecule has 2 unspecified atom stereocenters. The van der Waals surface area contributed by atoms with E-state index < -0.39 is 12.1 Å². The van der Waals surface area contributed by atoms with Gasteiger partial charge in [0.15, 0.2) is 17.6 Å². The molecule has 0 radical (unpaired) electrons. The highest BCUT2D eigenvalue weighted by Crippen LogP contribution is 2.35. The molecule has 4 nitrogen and oxygen atoms in total. The Balaban J connectivity index is 1.90. The molecule has 1 aliphatic rings. The number of halogens is 2. The van der Waals surface area contributed by atoms with Crippen molar-refractivity contribution < 1.29 is 13.9 Å². The van der Waals surface area contributed by atoms with E-state index in [4.69, 9.17) is 15.3 Å². The molecule has 0 aliphatic carbocycles. The highest BCUT2D eigenvalue weighted by molar-refractivity contribution is 9.10. The van der Waals surface area contributed by atoms with Crippen molar-refractivity contribution in [3.8, 4) is 11.5 Å². The van der Waals surface area contributed by atoms with Gasteiger partial charge in [-0.15, -0.1) is 0 Å². The molecule has 6 heteroatoms. The van der Waals surface area contributed by atoms with Crippen molar-refractivity contribution >= 4 is 15.9 Å². The number of nitrogens with one attached hydrogen (secondary N) is 1. The summed E-state index contributed by atoms with van der Waals surface area (Å²) in [6, 6.07) is 11.9. The molecule has 0 spiro atoms. The van der Waals surface area contributed by atoms with E-state index in [2.05, 4.69) is 21.4 Å². The number of hydrogen-bond donors (Lipinski definition) is 2. The van der Waals surface area contributed by atoms with Crippen molar-refractivity contribution in [3.05, 3.63) is 58.3 Å². The topological polar surface area (TPSA) is 56.5 Å². The molecule has 3 rings (SSSR count). The first-order chi connectivity index (χ1) is 10.2. The molecule has 0 amide bonds. The lowest BCUT2D eigenvalue weighted by Gasteiger charge is -2.32. The maximum absolute atomic E-state index is 14.3. The third-order valence-corrected chi connectivity index (χ3v) is 4.01. The van der Waals surface area contributed by atoms with Crippen LogP contribution in [0.4, 0.5) is 4.39 Å². The quantitative estimate of drug-likeness (QED) is 0.658. The zero-order chi connectivity index (χ0) is 14.8. The second kappa shape index (κ2) is 6.01. The number of hydrazine groups is 1. The number of nitrogens with two attached hydrogens (primary N) is 1. The number of ether oxygens (including phenoxy) is 2. The predicted octanol–water partition coefficient (Wildman–Crippen LogP) is 2.93. The van der Waals surface area contributed by atoms with Crippen molar-refractivity contribution in [1.29, 1.82) is 0 Å². The zero-order valence-electron chi connectivity index (χ0n) is 11.1. The Labute approximate surface area is 130 Å². The normalized spacial score (nSPS) is 18.3. The molecule has 21 heavy (non-hydrogen) atoms. The second-order valence-electron chi connectivity index (χ2n) is 4.70. The van der Waals surface area contributed by atoms with Gasteiger partial charge in [-0.2, -0.15) is 0 Å². The first-order valence-electron chi connectivity index (χ1n) is 6.49. The number of fused-ring (bicyclic) bond motifs is 1. The molecule has 0 saturated heterocycles. The van der Waals surface area contributed by atoms with Crippen molar-refractivity contribution in [1.82, 2.24) is 5.43 Å². The Morgan fingerprint density at radius 3 is 2.71 bits per heavy atom. The third kappa shape index (κ3) is 2.74. The number of rotatable bonds is 3. The molecule has 2 atom stereocenters. The molecule has 2 aromatic rings. The van der Waals surface area contributed by atoms with Gasteiger partial charge in [0, 0.05) is 5.56 Å². The van der Waals surface area contributed by atoms with Crippen LogP contribution in [-0.4, -0.2) is 12.7 Å². The van der Waals surface area contributed by atoms with Gasteiger partial charge in [0.1, 0.15) is 12.4 Å². The third-order valence-electron chi connectivity index (χ3n) is 3.40. The molecule has 1 aliphatic heterocycles. The molecular formula is C15H14BrFN2O2. The summed E-state index contributed by atoms with van der Waals surface area (Å²) in [7, 11) is 0. The van der Waals surface area contributed by atoms with Gasteiger partial charge in [0.05, 0.1) is 10.5 Å². The molecule has 1 heterocycles. The molecule has 110 valence electrons. The van der Waals surface area contributed by atoms with Crippen molar-refractivity contribution in [3.63, 3.8) is 0 Å². The van der Waals surface area contributed by atoms with Gasteiger partial charge < -0.3 is 9.47 Å². The van der Waals surface area contributed by atoms with Crippen molar-refractivity contribution in [2.24, 2.45) is 5.84 Å². The molecule has 0 fully saturated rings. The Bertz CT molecular complexity index is 653. The second-order valence-corrected chi connectivity index (χ2v) is 5.56. The van der Waals surface area contributed by atoms with E-state index in [1.54, 1.807) is 18.2 Å². The fraction of sp³-hybridized carbons (Fsp3) is 0.200. The van der Waals surface area contributed by atoms with Gasteiger partial charge in [-0.25, -0.2) is 9.82 Å². The van der Waals surface area contributed by atoms with E-state index in [9.17, 15) is 4.39 Å². The highest BCUT2D eigenvalue weighted by atomic mass is 79.9. The van der Waals surface area contributed by atoms with E-state index in [0.717, 1.165) is 0 Å². The zero-order valence-corrected chi connectivity index (χ0v) is 12.6. The van der Waals surface area contributed by atoms with Gasteiger partial charge in [-0.05, 0) is 34.1 Å². The molecule has 0 saturated carbocycles. The minimum absolute atomic E-state index is 0.290. The first kappa shape index (κ1) is 14.3. The van der Waals surface area contributed by atoms with Crippen LogP contribution in [0.3, 0.4) is 0 Å². The molecule has 2 aromatic carbocycles. The largest absolute Gasteiger partial charge is 0.486 e. The van der Waals surface area contributed by atoms with Crippen LogP contribution in [0.25, 0.3) is 0 Å². The monoisotopic (exact) mass is 352 g/mol. The number of benzene rings is 2. The van der Waals surface area contributed by atoms with Crippen LogP contribution >= 0.6 is 15.9 Å². The van der Waals surface area contributed by atoms with Gasteiger partial charge in [-0.3, -0.25) is 5.84 Å². The van der Waals surface area contributed by atoms with Gasteiger partial charge in [0.2, 0.25) is 0 Å². The highest BCUT2D eigenvalue weighted by Gasteiger charge is 2.31.